The second-order valence-electron chi connectivity index (χ2n) is 9.78. The number of nitrogens with zero attached hydrogens (tertiary/aromatic N) is 3. The molecule has 4 aromatic carbocycles. The number of halogens is 1. The number of hydrogen-bond donors (Lipinski definition) is 2. The third kappa shape index (κ3) is 8.22. The maximum atomic E-state index is 12.7. The summed E-state index contributed by atoms with van der Waals surface area (Å²) >= 11 is 8.01. The van der Waals surface area contributed by atoms with Gasteiger partial charge in [0, 0.05) is 34.3 Å². The molecule has 1 heterocycles. The van der Waals surface area contributed by atoms with E-state index in [1.54, 1.807) is 36.4 Å². The van der Waals surface area contributed by atoms with E-state index in [1.807, 2.05) is 55.6 Å². The van der Waals surface area contributed by atoms with Crippen LogP contribution in [0, 0.1) is 17.0 Å². The maximum absolute atomic E-state index is 12.7. The van der Waals surface area contributed by atoms with Gasteiger partial charge in [0.15, 0.2) is 16.6 Å². The molecule has 0 fully saturated rings. The number of anilines is 2. The smallest absolute Gasteiger partial charge is 0.271 e. The first-order valence-corrected chi connectivity index (χ1v) is 15.1. The molecule has 0 atom stereocenters. The number of nitrogens with one attached hydrogen (secondary N) is 2. The molecule has 0 bridgehead atoms. The van der Waals surface area contributed by atoms with Crippen LogP contribution in [0.4, 0.5) is 16.5 Å². The topological polar surface area (TPSA) is 128 Å². The Bertz CT molecular complexity index is 1820. The molecule has 0 spiro atoms. The van der Waals surface area contributed by atoms with Crippen LogP contribution in [0.2, 0.25) is 5.02 Å². The maximum Gasteiger partial charge on any atom is 0.271 e. The Hall–Kier alpha value is -5.26. The van der Waals surface area contributed by atoms with Gasteiger partial charge in [-0.1, -0.05) is 41.4 Å². The zero-order chi connectivity index (χ0) is 31.8. The number of non-ortho nitro benzene ring substituents is 1. The second kappa shape index (κ2) is 14.5. The van der Waals surface area contributed by atoms with E-state index < -0.39 is 4.92 Å². The molecule has 0 unspecified atom stereocenters. The van der Waals surface area contributed by atoms with Gasteiger partial charge in [0.2, 0.25) is 0 Å². The summed E-state index contributed by atoms with van der Waals surface area (Å²) in [7, 11) is 0. The summed E-state index contributed by atoms with van der Waals surface area (Å²) < 4.78 is 11.6. The number of ether oxygens (including phenoxy) is 2. The molecule has 2 N–H and O–H groups in total. The lowest BCUT2D eigenvalue weighted by atomic mass is 10.1. The van der Waals surface area contributed by atoms with Crippen molar-refractivity contribution in [2.24, 2.45) is 5.10 Å². The predicted molar refractivity (Wildman–Crippen MR) is 177 cm³/mol. The lowest BCUT2D eigenvalue weighted by molar-refractivity contribution is -0.384. The molecular formula is C33H28ClN5O5S. The van der Waals surface area contributed by atoms with Crippen LogP contribution in [-0.2, 0) is 6.61 Å². The van der Waals surface area contributed by atoms with Gasteiger partial charge in [-0.05, 0) is 73.5 Å². The minimum Gasteiger partial charge on any atom is -0.490 e. The minimum absolute atomic E-state index is 0.00349. The first-order chi connectivity index (χ1) is 21.8. The molecule has 1 amide bonds. The quantitative estimate of drug-likeness (QED) is 0.0799. The number of aryl methyl sites for hydroxylation is 1. The lowest BCUT2D eigenvalue weighted by Crippen LogP contribution is -2.17. The molecule has 5 rings (SSSR count). The summed E-state index contributed by atoms with van der Waals surface area (Å²) in [5.74, 6) is 0.350. The van der Waals surface area contributed by atoms with Crippen LogP contribution in [-0.4, -0.2) is 28.6 Å². The van der Waals surface area contributed by atoms with Gasteiger partial charge >= 0.3 is 0 Å². The van der Waals surface area contributed by atoms with Crippen molar-refractivity contribution < 1.29 is 19.2 Å². The number of hydrazone groups is 1. The Morgan fingerprint density at radius 2 is 1.78 bits per heavy atom. The summed E-state index contributed by atoms with van der Waals surface area (Å²) in [6.07, 6.45) is 1.46. The monoisotopic (exact) mass is 641 g/mol. The van der Waals surface area contributed by atoms with Gasteiger partial charge in [0.05, 0.1) is 28.5 Å². The molecule has 1 aromatic heterocycles. The Balaban J connectivity index is 1.19. The molecule has 0 radical (unpaired) electrons. The highest BCUT2D eigenvalue weighted by Gasteiger charge is 2.14. The van der Waals surface area contributed by atoms with Crippen LogP contribution < -0.4 is 20.2 Å². The number of benzene rings is 4. The minimum atomic E-state index is -0.460. The molecule has 5 aromatic rings. The van der Waals surface area contributed by atoms with Gasteiger partial charge in [-0.2, -0.15) is 5.10 Å². The highest BCUT2D eigenvalue weighted by Crippen LogP contribution is 2.37. The van der Waals surface area contributed by atoms with Crippen LogP contribution in [0.25, 0.3) is 11.3 Å². The Morgan fingerprint density at radius 3 is 2.47 bits per heavy atom. The van der Waals surface area contributed by atoms with Crippen LogP contribution in [0.15, 0.2) is 95.4 Å². The van der Waals surface area contributed by atoms with E-state index in [0.717, 1.165) is 27.6 Å². The lowest BCUT2D eigenvalue weighted by Gasteiger charge is -2.14. The Morgan fingerprint density at radius 1 is 1.04 bits per heavy atom. The van der Waals surface area contributed by atoms with Crippen LogP contribution >= 0.6 is 22.9 Å². The molecule has 0 aliphatic carbocycles. The molecule has 0 saturated carbocycles. The molecule has 228 valence electrons. The molecule has 45 heavy (non-hydrogen) atoms. The van der Waals surface area contributed by atoms with Gasteiger partial charge in [-0.15, -0.1) is 11.3 Å². The Labute approximate surface area is 268 Å². The van der Waals surface area contributed by atoms with E-state index in [-0.39, 0.29) is 23.2 Å². The number of amides is 1. The predicted octanol–water partition coefficient (Wildman–Crippen LogP) is 8.17. The van der Waals surface area contributed by atoms with Crippen molar-refractivity contribution in [1.82, 2.24) is 10.4 Å². The van der Waals surface area contributed by atoms with Gasteiger partial charge < -0.3 is 14.8 Å². The molecule has 0 aliphatic heterocycles. The van der Waals surface area contributed by atoms with Crippen molar-refractivity contribution in [2.45, 2.75) is 20.5 Å². The number of nitro benzene ring substituents is 1. The van der Waals surface area contributed by atoms with Gasteiger partial charge in [-0.3, -0.25) is 14.9 Å². The molecule has 12 heteroatoms. The summed E-state index contributed by atoms with van der Waals surface area (Å²) in [5.41, 5.74) is 8.13. The van der Waals surface area contributed by atoms with E-state index in [1.165, 1.54) is 35.2 Å². The molecule has 0 saturated heterocycles. The summed E-state index contributed by atoms with van der Waals surface area (Å²) in [6, 6.07) is 24.6. The van der Waals surface area contributed by atoms with Crippen LogP contribution in [0.1, 0.15) is 34.0 Å². The normalized spacial score (nSPS) is 10.9. The number of aromatic nitrogens is 1. The van der Waals surface area contributed by atoms with E-state index >= 15 is 0 Å². The number of carbonyl (C=O) groups is 1. The van der Waals surface area contributed by atoms with Gasteiger partial charge in [0.25, 0.3) is 11.6 Å². The average molecular weight is 642 g/mol. The van der Waals surface area contributed by atoms with E-state index in [0.29, 0.717) is 29.2 Å². The zero-order valence-corrected chi connectivity index (χ0v) is 25.9. The largest absolute Gasteiger partial charge is 0.490 e. The van der Waals surface area contributed by atoms with Crippen molar-refractivity contribution in [1.29, 1.82) is 0 Å². The van der Waals surface area contributed by atoms with Crippen molar-refractivity contribution in [3.63, 3.8) is 0 Å². The third-order valence-electron chi connectivity index (χ3n) is 6.49. The number of nitro groups is 1. The van der Waals surface area contributed by atoms with Crippen molar-refractivity contribution in [3.8, 4) is 22.8 Å². The summed E-state index contributed by atoms with van der Waals surface area (Å²) in [5, 5.41) is 21.3. The van der Waals surface area contributed by atoms with Gasteiger partial charge in [-0.25, -0.2) is 10.4 Å². The van der Waals surface area contributed by atoms with Crippen molar-refractivity contribution >= 4 is 51.6 Å². The first-order valence-electron chi connectivity index (χ1n) is 13.8. The SMILES string of the molecule is CCOc1cc(/C=N\NC(=O)c2ccc(-c3csc(Nc4ccc(C)cc4)n3)cc2)cc(Cl)c1OCc1ccc([N+](=O)[O-])cc1. The standard InChI is InChI=1S/C33H28ClN5O5S/c1-3-43-30-17-23(16-28(34)31(30)44-19-22-6-14-27(15-7-22)39(41)42)18-35-38-32(40)25-10-8-24(9-11-25)29-20-45-33(37-29)36-26-12-4-21(2)5-13-26/h4-18,20H,3,19H2,1-2H3,(H,36,37)(H,38,40)/b35-18-. The third-order valence-corrected chi connectivity index (χ3v) is 7.53. The molecule has 0 aliphatic rings. The number of carbonyl (C=O) groups excluding carboxylic acids is 1. The molecule has 10 nitrogen and oxygen atoms in total. The highest BCUT2D eigenvalue weighted by molar-refractivity contribution is 7.14. The summed E-state index contributed by atoms with van der Waals surface area (Å²) in [6.45, 7) is 4.37. The molecular weight excluding hydrogens is 614 g/mol. The second-order valence-corrected chi connectivity index (χ2v) is 11.0. The number of thiazole rings is 1. The van der Waals surface area contributed by atoms with Crippen LogP contribution in [0.5, 0.6) is 11.5 Å². The van der Waals surface area contributed by atoms with Crippen molar-refractivity contribution in [2.75, 3.05) is 11.9 Å². The number of hydrogen-bond acceptors (Lipinski definition) is 9. The van der Waals surface area contributed by atoms with Crippen LogP contribution in [0.3, 0.4) is 0 Å². The zero-order valence-electron chi connectivity index (χ0n) is 24.3. The van der Waals surface area contributed by atoms with Gasteiger partial charge in [0.1, 0.15) is 6.61 Å². The Kier molecular flexibility index (Phi) is 10.0. The van der Waals surface area contributed by atoms with E-state index in [9.17, 15) is 14.9 Å². The fourth-order valence-corrected chi connectivity index (χ4v) is 5.19. The number of rotatable bonds is 12. The average Bonchev–Trinajstić information content (AvgIpc) is 3.50. The fourth-order valence-electron chi connectivity index (χ4n) is 4.18. The summed E-state index contributed by atoms with van der Waals surface area (Å²) in [4.78, 5) is 27.8. The van der Waals surface area contributed by atoms with Crippen molar-refractivity contribution in [3.05, 3.63) is 128 Å². The fraction of sp³-hybridized carbons (Fsp3) is 0.121. The van der Waals surface area contributed by atoms with E-state index in [2.05, 4.69) is 20.8 Å². The first kappa shape index (κ1) is 31.2. The highest BCUT2D eigenvalue weighted by atomic mass is 35.5. The van der Waals surface area contributed by atoms with E-state index in [4.69, 9.17) is 21.1 Å².